The lowest BCUT2D eigenvalue weighted by atomic mass is 10.00. The Morgan fingerprint density at radius 1 is 1.24 bits per heavy atom. The molecule has 1 aromatic carbocycles. The molecule has 3 N–H and O–H groups in total. The van der Waals surface area contributed by atoms with Gasteiger partial charge in [0.15, 0.2) is 0 Å². The first-order valence-corrected chi connectivity index (χ1v) is 7.51. The van der Waals surface area contributed by atoms with Gasteiger partial charge in [-0.2, -0.15) is 13.2 Å². The summed E-state index contributed by atoms with van der Waals surface area (Å²) in [4.78, 5) is 35.3. The van der Waals surface area contributed by atoms with Crippen LogP contribution in [-0.2, 0) is 20.5 Å². The topological polar surface area (TPSA) is 98.5 Å². The molecular weight excluding hydrogens is 341 g/mol. The summed E-state index contributed by atoms with van der Waals surface area (Å²) in [5.41, 5.74) is 3.42. The van der Waals surface area contributed by atoms with E-state index in [9.17, 15) is 27.6 Å². The zero-order chi connectivity index (χ0) is 19.2. The number of amides is 2. The van der Waals surface area contributed by atoms with E-state index in [1.165, 1.54) is 13.0 Å². The van der Waals surface area contributed by atoms with Gasteiger partial charge in [0.2, 0.25) is 5.91 Å². The third-order valence-corrected chi connectivity index (χ3v) is 3.40. The number of nitrogens with two attached hydrogens (primary N) is 1. The molecule has 0 aliphatic carbocycles. The molecule has 0 bridgehead atoms. The van der Waals surface area contributed by atoms with Crippen molar-refractivity contribution in [1.82, 2.24) is 5.32 Å². The van der Waals surface area contributed by atoms with Crippen LogP contribution in [0, 0.1) is 5.92 Å². The SMILES string of the molecule is CCOC(=O)[C@@H](C)C[C@H](NC(=O)c1ccccc1C(F)(F)F)C(N)=O. The van der Waals surface area contributed by atoms with Crippen molar-refractivity contribution >= 4 is 17.8 Å². The van der Waals surface area contributed by atoms with Crippen molar-refractivity contribution in [3.8, 4) is 0 Å². The van der Waals surface area contributed by atoms with E-state index in [0.717, 1.165) is 18.2 Å². The normalized spacial score (nSPS) is 13.6. The number of carbonyl (C=O) groups is 3. The van der Waals surface area contributed by atoms with Gasteiger partial charge in [0.25, 0.3) is 5.91 Å². The lowest BCUT2D eigenvalue weighted by molar-refractivity contribution is -0.147. The fourth-order valence-electron chi connectivity index (χ4n) is 2.14. The number of carbonyl (C=O) groups excluding carboxylic acids is 3. The second-order valence-corrected chi connectivity index (χ2v) is 5.36. The second-order valence-electron chi connectivity index (χ2n) is 5.36. The van der Waals surface area contributed by atoms with Crippen LogP contribution < -0.4 is 11.1 Å². The minimum atomic E-state index is -4.73. The predicted octanol–water partition coefficient (Wildman–Crippen LogP) is 1.88. The second kappa shape index (κ2) is 8.50. The molecule has 0 aromatic heterocycles. The number of hydrogen-bond acceptors (Lipinski definition) is 4. The number of benzene rings is 1. The molecule has 0 aliphatic rings. The van der Waals surface area contributed by atoms with Crippen LogP contribution in [0.25, 0.3) is 0 Å². The molecule has 9 heteroatoms. The number of halogens is 3. The summed E-state index contributed by atoms with van der Waals surface area (Å²) in [5, 5.41) is 2.15. The molecule has 0 radical (unpaired) electrons. The van der Waals surface area contributed by atoms with Crippen LogP contribution in [0.15, 0.2) is 24.3 Å². The summed E-state index contributed by atoms with van der Waals surface area (Å²) in [6.07, 6.45) is -4.91. The maximum absolute atomic E-state index is 13.0. The van der Waals surface area contributed by atoms with Gasteiger partial charge in [0, 0.05) is 0 Å². The Morgan fingerprint density at radius 3 is 2.36 bits per heavy atom. The summed E-state index contributed by atoms with van der Waals surface area (Å²) in [6.45, 7) is 3.20. The molecule has 6 nitrogen and oxygen atoms in total. The molecule has 25 heavy (non-hydrogen) atoms. The summed E-state index contributed by atoms with van der Waals surface area (Å²) in [6, 6.07) is 2.85. The average Bonchev–Trinajstić information content (AvgIpc) is 2.53. The first-order chi connectivity index (χ1) is 11.6. The van der Waals surface area contributed by atoms with E-state index in [-0.39, 0.29) is 13.0 Å². The number of ether oxygens (including phenoxy) is 1. The smallest absolute Gasteiger partial charge is 0.417 e. The molecule has 138 valence electrons. The minimum absolute atomic E-state index is 0.135. The average molecular weight is 360 g/mol. The van der Waals surface area contributed by atoms with Gasteiger partial charge in [-0.1, -0.05) is 19.1 Å². The highest BCUT2D eigenvalue weighted by molar-refractivity contribution is 5.98. The Labute approximate surface area is 142 Å². The van der Waals surface area contributed by atoms with Gasteiger partial charge >= 0.3 is 12.1 Å². The molecule has 0 saturated heterocycles. The number of hydrogen-bond donors (Lipinski definition) is 2. The molecule has 0 saturated carbocycles. The van der Waals surface area contributed by atoms with Crippen molar-refractivity contribution in [2.75, 3.05) is 6.61 Å². The number of nitrogens with one attached hydrogen (secondary N) is 1. The lowest BCUT2D eigenvalue weighted by Crippen LogP contribution is -2.46. The fraction of sp³-hybridized carbons (Fsp3) is 0.438. The molecular formula is C16H19F3N2O4. The van der Waals surface area contributed by atoms with Gasteiger partial charge in [0.05, 0.1) is 23.7 Å². The van der Waals surface area contributed by atoms with Crippen molar-refractivity contribution in [3.05, 3.63) is 35.4 Å². The van der Waals surface area contributed by atoms with Gasteiger partial charge in [-0.25, -0.2) is 0 Å². The first kappa shape index (κ1) is 20.5. The molecule has 1 aromatic rings. The predicted molar refractivity (Wildman–Crippen MR) is 82.3 cm³/mol. The Balaban J connectivity index is 2.95. The van der Waals surface area contributed by atoms with Gasteiger partial charge in [-0.15, -0.1) is 0 Å². The van der Waals surface area contributed by atoms with E-state index in [4.69, 9.17) is 10.5 Å². The van der Waals surface area contributed by atoms with Crippen LogP contribution in [0.3, 0.4) is 0 Å². The summed E-state index contributed by atoms with van der Waals surface area (Å²) >= 11 is 0. The third kappa shape index (κ3) is 5.77. The Bertz CT molecular complexity index is 647. The van der Waals surface area contributed by atoms with Crippen molar-refractivity contribution < 1.29 is 32.3 Å². The molecule has 0 fully saturated rings. The quantitative estimate of drug-likeness (QED) is 0.725. The van der Waals surface area contributed by atoms with Crippen LogP contribution in [0.1, 0.15) is 36.2 Å². The van der Waals surface area contributed by atoms with Crippen molar-refractivity contribution in [2.45, 2.75) is 32.5 Å². The summed E-state index contributed by atoms with van der Waals surface area (Å²) < 4.78 is 43.7. The van der Waals surface area contributed by atoms with Gasteiger partial charge in [-0.05, 0) is 25.5 Å². The number of esters is 1. The van der Waals surface area contributed by atoms with E-state index >= 15 is 0 Å². The third-order valence-electron chi connectivity index (χ3n) is 3.40. The highest BCUT2D eigenvalue weighted by atomic mass is 19.4. The molecule has 0 heterocycles. The van der Waals surface area contributed by atoms with E-state index in [1.807, 2.05) is 0 Å². The van der Waals surface area contributed by atoms with E-state index in [0.29, 0.717) is 0 Å². The molecule has 2 amide bonds. The van der Waals surface area contributed by atoms with Gasteiger partial charge in [-0.3, -0.25) is 14.4 Å². The lowest BCUT2D eigenvalue weighted by Gasteiger charge is -2.20. The van der Waals surface area contributed by atoms with Crippen molar-refractivity contribution in [2.24, 2.45) is 11.7 Å². The zero-order valence-corrected chi connectivity index (χ0v) is 13.7. The number of rotatable bonds is 7. The molecule has 2 atom stereocenters. The van der Waals surface area contributed by atoms with Crippen LogP contribution in [0.4, 0.5) is 13.2 Å². The number of alkyl halides is 3. The van der Waals surface area contributed by atoms with Crippen molar-refractivity contribution in [1.29, 1.82) is 0 Å². The minimum Gasteiger partial charge on any atom is -0.466 e. The summed E-state index contributed by atoms with van der Waals surface area (Å²) in [5.74, 6) is -3.43. The van der Waals surface area contributed by atoms with E-state index in [1.54, 1.807) is 6.92 Å². The van der Waals surface area contributed by atoms with Crippen molar-refractivity contribution in [3.63, 3.8) is 0 Å². The molecule has 0 spiro atoms. The Kier molecular flexibility index (Phi) is 6.96. The monoisotopic (exact) mass is 360 g/mol. The Hall–Kier alpha value is -2.58. The molecule has 0 unspecified atom stereocenters. The van der Waals surface area contributed by atoms with E-state index < -0.39 is 47.0 Å². The highest BCUT2D eigenvalue weighted by Crippen LogP contribution is 2.31. The van der Waals surface area contributed by atoms with E-state index in [2.05, 4.69) is 5.32 Å². The van der Waals surface area contributed by atoms with Crippen LogP contribution in [-0.4, -0.2) is 30.4 Å². The molecule has 1 rings (SSSR count). The van der Waals surface area contributed by atoms with Crippen LogP contribution in [0.5, 0.6) is 0 Å². The van der Waals surface area contributed by atoms with Gasteiger partial charge < -0.3 is 15.8 Å². The largest absolute Gasteiger partial charge is 0.466 e. The first-order valence-electron chi connectivity index (χ1n) is 7.51. The van der Waals surface area contributed by atoms with Crippen LogP contribution >= 0.6 is 0 Å². The zero-order valence-electron chi connectivity index (χ0n) is 13.7. The Morgan fingerprint density at radius 2 is 1.84 bits per heavy atom. The van der Waals surface area contributed by atoms with Gasteiger partial charge in [0.1, 0.15) is 6.04 Å². The molecule has 0 aliphatic heterocycles. The standard InChI is InChI=1S/C16H19F3N2O4/c1-3-25-15(24)9(2)8-12(13(20)22)21-14(23)10-6-4-5-7-11(10)16(17,18)19/h4-7,9,12H,3,8H2,1-2H3,(H2,20,22)(H,21,23)/t9-,12-/m0/s1. The summed E-state index contributed by atoms with van der Waals surface area (Å²) in [7, 11) is 0. The fourth-order valence-corrected chi connectivity index (χ4v) is 2.14. The van der Waals surface area contributed by atoms with Crippen LogP contribution in [0.2, 0.25) is 0 Å². The maximum atomic E-state index is 13.0. The maximum Gasteiger partial charge on any atom is 0.417 e. The highest BCUT2D eigenvalue weighted by Gasteiger charge is 2.35. The number of primary amides is 1.